The van der Waals surface area contributed by atoms with E-state index in [1.165, 1.54) is 0 Å². The van der Waals surface area contributed by atoms with E-state index in [9.17, 15) is 4.79 Å². The zero-order chi connectivity index (χ0) is 22.2. The molecule has 7 nitrogen and oxygen atoms in total. The van der Waals surface area contributed by atoms with Crippen molar-refractivity contribution < 1.29 is 14.3 Å². The Bertz CT molecular complexity index is 1340. The summed E-state index contributed by atoms with van der Waals surface area (Å²) in [5.74, 6) is 1.37. The first-order valence-corrected chi connectivity index (χ1v) is 10.2. The van der Waals surface area contributed by atoms with E-state index >= 15 is 0 Å². The molecule has 0 unspecified atom stereocenters. The predicted molar refractivity (Wildman–Crippen MR) is 123 cm³/mol. The molecule has 0 radical (unpaired) electrons. The summed E-state index contributed by atoms with van der Waals surface area (Å²) in [4.78, 5) is 24.1. The molecule has 0 saturated carbocycles. The monoisotopic (exact) mass is 426 g/mol. The largest absolute Gasteiger partial charge is 0.497 e. The number of hydrogen-bond acceptors (Lipinski definition) is 6. The van der Waals surface area contributed by atoms with E-state index < -0.39 is 0 Å². The summed E-state index contributed by atoms with van der Waals surface area (Å²) in [5.41, 5.74) is 11.6. The molecule has 0 spiro atoms. The number of para-hydroxylation sites is 1. The van der Waals surface area contributed by atoms with Gasteiger partial charge in [-0.2, -0.15) is 0 Å². The summed E-state index contributed by atoms with van der Waals surface area (Å²) >= 11 is 0. The maximum absolute atomic E-state index is 13.2. The number of nitrogens with two attached hydrogens (primary N) is 1. The molecule has 2 N–H and O–H groups in total. The second-order valence-corrected chi connectivity index (χ2v) is 7.63. The summed E-state index contributed by atoms with van der Waals surface area (Å²) in [6, 6.07) is 15.3. The molecule has 4 aromatic rings. The number of rotatable bonds is 5. The Morgan fingerprint density at radius 3 is 2.59 bits per heavy atom. The van der Waals surface area contributed by atoms with Crippen molar-refractivity contribution in [2.45, 2.75) is 13.1 Å². The number of amides is 1. The molecule has 3 heterocycles. The van der Waals surface area contributed by atoms with E-state index in [0.29, 0.717) is 35.8 Å². The minimum absolute atomic E-state index is 0.105. The Hall–Kier alpha value is -4.13. The molecule has 0 aliphatic carbocycles. The van der Waals surface area contributed by atoms with E-state index in [2.05, 4.69) is 4.98 Å². The molecule has 0 bridgehead atoms. The second-order valence-electron chi connectivity index (χ2n) is 7.63. The highest BCUT2D eigenvalue weighted by Crippen LogP contribution is 2.39. The van der Waals surface area contributed by atoms with Gasteiger partial charge in [0.25, 0.3) is 5.91 Å². The molecular weight excluding hydrogens is 404 g/mol. The van der Waals surface area contributed by atoms with Crippen molar-refractivity contribution in [3.8, 4) is 22.6 Å². The Morgan fingerprint density at radius 1 is 1.03 bits per heavy atom. The normalized spacial score (nSPS) is 12.8. The number of nitrogen functional groups attached to an aromatic ring is 1. The Labute approximate surface area is 185 Å². The van der Waals surface area contributed by atoms with E-state index in [1.54, 1.807) is 31.5 Å². The van der Waals surface area contributed by atoms with Gasteiger partial charge in [0.15, 0.2) is 0 Å². The van der Waals surface area contributed by atoms with Crippen LogP contribution in [0.15, 0.2) is 60.9 Å². The summed E-state index contributed by atoms with van der Waals surface area (Å²) in [6.07, 6.45) is 3.43. The minimum Gasteiger partial charge on any atom is -0.497 e. The third-order valence-corrected chi connectivity index (χ3v) is 5.80. The number of carbonyl (C=O) groups is 1. The van der Waals surface area contributed by atoms with Crippen LogP contribution in [0.25, 0.3) is 22.0 Å². The van der Waals surface area contributed by atoms with E-state index in [1.807, 2.05) is 48.5 Å². The topological polar surface area (TPSA) is 90.6 Å². The second kappa shape index (κ2) is 7.85. The molecule has 32 heavy (non-hydrogen) atoms. The summed E-state index contributed by atoms with van der Waals surface area (Å²) < 4.78 is 10.7. The number of ether oxygens (including phenoxy) is 2. The van der Waals surface area contributed by atoms with Crippen molar-refractivity contribution in [3.63, 3.8) is 0 Å². The van der Waals surface area contributed by atoms with Crippen LogP contribution < -0.4 is 15.2 Å². The number of fused-ring (bicyclic) bond motifs is 2. The lowest BCUT2D eigenvalue weighted by Gasteiger charge is -2.15. The standard InChI is InChI=1S/C25H22N4O3/c1-31-16-8-6-15(7-9-16)13-29-14-20-22(25(29)30)23(26)18-5-3-4-17(24(18)28-20)19-12-27-11-10-21(19)32-2/h3-12H,13-14H2,1-2H3,(H2,26,28). The number of anilines is 1. The highest BCUT2D eigenvalue weighted by Gasteiger charge is 2.32. The molecule has 2 aromatic carbocycles. The fraction of sp³-hybridized carbons (Fsp3) is 0.160. The van der Waals surface area contributed by atoms with Gasteiger partial charge in [-0.05, 0) is 23.8 Å². The van der Waals surface area contributed by atoms with Crippen molar-refractivity contribution in [2.24, 2.45) is 0 Å². The van der Waals surface area contributed by atoms with Crippen LogP contribution in [0.5, 0.6) is 11.5 Å². The minimum atomic E-state index is -0.105. The van der Waals surface area contributed by atoms with Crippen LogP contribution >= 0.6 is 0 Å². The number of methoxy groups -OCH3 is 2. The van der Waals surface area contributed by atoms with Gasteiger partial charge in [-0.25, -0.2) is 4.98 Å². The maximum Gasteiger partial charge on any atom is 0.258 e. The molecular formula is C25H22N4O3. The van der Waals surface area contributed by atoms with Crippen molar-refractivity contribution in [1.29, 1.82) is 0 Å². The maximum atomic E-state index is 13.2. The zero-order valence-corrected chi connectivity index (χ0v) is 17.8. The SMILES string of the molecule is COc1ccc(CN2Cc3nc4c(-c5cnccc5OC)cccc4c(N)c3C2=O)cc1. The van der Waals surface area contributed by atoms with Crippen molar-refractivity contribution >= 4 is 22.5 Å². The molecule has 160 valence electrons. The van der Waals surface area contributed by atoms with Crippen LogP contribution in [-0.4, -0.2) is 35.0 Å². The van der Waals surface area contributed by atoms with E-state index in [0.717, 1.165) is 33.3 Å². The predicted octanol–water partition coefficient (Wildman–Crippen LogP) is 4.05. The van der Waals surface area contributed by atoms with Crippen molar-refractivity contribution in [2.75, 3.05) is 20.0 Å². The zero-order valence-electron chi connectivity index (χ0n) is 17.8. The molecule has 2 aromatic heterocycles. The van der Waals surface area contributed by atoms with Crippen LogP contribution in [-0.2, 0) is 13.1 Å². The highest BCUT2D eigenvalue weighted by atomic mass is 16.5. The third kappa shape index (κ3) is 3.19. The Balaban J connectivity index is 1.57. The van der Waals surface area contributed by atoms with Crippen LogP contribution in [0.3, 0.4) is 0 Å². The van der Waals surface area contributed by atoms with Gasteiger partial charge in [0.05, 0.1) is 43.2 Å². The van der Waals surface area contributed by atoms with Crippen LogP contribution in [0.1, 0.15) is 21.6 Å². The van der Waals surface area contributed by atoms with Crippen LogP contribution in [0.4, 0.5) is 5.69 Å². The van der Waals surface area contributed by atoms with Crippen molar-refractivity contribution in [3.05, 3.63) is 77.7 Å². The number of carbonyl (C=O) groups excluding carboxylic acids is 1. The third-order valence-electron chi connectivity index (χ3n) is 5.80. The van der Waals surface area contributed by atoms with Crippen molar-refractivity contribution in [1.82, 2.24) is 14.9 Å². The highest BCUT2D eigenvalue weighted by molar-refractivity contribution is 6.11. The molecule has 1 amide bonds. The van der Waals surface area contributed by atoms with Gasteiger partial charge < -0.3 is 20.1 Å². The first-order chi connectivity index (χ1) is 15.6. The molecule has 0 fully saturated rings. The quantitative estimate of drug-likeness (QED) is 0.518. The average molecular weight is 426 g/mol. The molecule has 1 aliphatic heterocycles. The number of pyridine rings is 2. The lowest BCUT2D eigenvalue weighted by Crippen LogP contribution is -2.23. The van der Waals surface area contributed by atoms with Gasteiger partial charge in [0.1, 0.15) is 11.5 Å². The number of aromatic nitrogens is 2. The average Bonchev–Trinajstić information content (AvgIpc) is 3.14. The van der Waals surface area contributed by atoms with Gasteiger partial charge >= 0.3 is 0 Å². The van der Waals surface area contributed by atoms with Crippen LogP contribution in [0.2, 0.25) is 0 Å². The Kier molecular flexibility index (Phi) is 4.86. The lowest BCUT2D eigenvalue weighted by molar-refractivity contribution is 0.0767. The van der Waals surface area contributed by atoms with Gasteiger partial charge in [0, 0.05) is 35.5 Å². The fourth-order valence-electron chi connectivity index (χ4n) is 4.18. The summed E-state index contributed by atoms with van der Waals surface area (Å²) in [5, 5.41) is 0.742. The summed E-state index contributed by atoms with van der Waals surface area (Å²) in [7, 11) is 3.25. The van der Waals surface area contributed by atoms with Gasteiger partial charge in [0.2, 0.25) is 0 Å². The fourth-order valence-corrected chi connectivity index (χ4v) is 4.18. The number of nitrogens with zero attached hydrogens (tertiary/aromatic N) is 3. The van der Waals surface area contributed by atoms with Gasteiger partial charge in [-0.3, -0.25) is 9.78 Å². The number of benzene rings is 2. The Morgan fingerprint density at radius 2 is 1.84 bits per heavy atom. The van der Waals surface area contributed by atoms with E-state index in [4.69, 9.17) is 20.2 Å². The lowest BCUT2D eigenvalue weighted by atomic mass is 9.99. The molecule has 0 saturated heterocycles. The summed E-state index contributed by atoms with van der Waals surface area (Å²) in [6.45, 7) is 0.872. The first-order valence-electron chi connectivity index (χ1n) is 10.2. The van der Waals surface area contributed by atoms with Gasteiger partial charge in [-0.15, -0.1) is 0 Å². The smallest absolute Gasteiger partial charge is 0.258 e. The molecule has 7 heteroatoms. The molecule has 0 atom stereocenters. The van der Waals surface area contributed by atoms with Gasteiger partial charge in [-0.1, -0.05) is 30.3 Å². The van der Waals surface area contributed by atoms with E-state index in [-0.39, 0.29) is 5.91 Å². The van der Waals surface area contributed by atoms with Crippen LogP contribution in [0, 0.1) is 0 Å². The number of hydrogen-bond donors (Lipinski definition) is 1. The molecule has 5 rings (SSSR count). The first kappa shape index (κ1) is 19.8. The molecule has 1 aliphatic rings.